The van der Waals surface area contributed by atoms with Crippen molar-refractivity contribution in [3.63, 3.8) is 0 Å². The van der Waals surface area contributed by atoms with Gasteiger partial charge in [0.15, 0.2) is 0 Å². The van der Waals surface area contributed by atoms with Crippen molar-refractivity contribution in [2.75, 3.05) is 7.11 Å². The number of hydrogen-bond acceptors (Lipinski definition) is 4. The predicted molar refractivity (Wildman–Crippen MR) is 67.0 cm³/mol. The summed E-state index contributed by atoms with van der Waals surface area (Å²) >= 11 is 0. The summed E-state index contributed by atoms with van der Waals surface area (Å²) in [6, 6.07) is -0.580. The third-order valence-electron chi connectivity index (χ3n) is 3.89. The number of halogens is 3. The summed E-state index contributed by atoms with van der Waals surface area (Å²) in [5.74, 6) is -1.23. The minimum atomic E-state index is -4.15. The topological polar surface area (TPSA) is 61.0 Å². The summed E-state index contributed by atoms with van der Waals surface area (Å²) in [5.41, 5.74) is 6.53. The molecular weight excluding hydrogens is 271 g/mol. The van der Waals surface area contributed by atoms with Gasteiger partial charge in [0.05, 0.1) is 19.1 Å². The van der Waals surface area contributed by atoms with Gasteiger partial charge in [-0.15, -0.1) is 0 Å². The van der Waals surface area contributed by atoms with Crippen LogP contribution in [0.3, 0.4) is 0 Å². The van der Waals surface area contributed by atoms with Gasteiger partial charge in [-0.1, -0.05) is 6.42 Å². The molecule has 1 heterocycles. The lowest BCUT2D eigenvalue weighted by Gasteiger charge is -2.33. The largest absolute Gasteiger partial charge is 0.480 e. The molecule has 112 valence electrons. The maximum Gasteiger partial charge on any atom is 0.391 e. The lowest BCUT2D eigenvalue weighted by molar-refractivity contribution is -0.186. The molecule has 2 rings (SSSR count). The highest BCUT2D eigenvalue weighted by Gasteiger charge is 2.43. The maximum atomic E-state index is 12.8. The van der Waals surface area contributed by atoms with Crippen LogP contribution < -0.4 is 10.5 Å². The fourth-order valence-electron chi connectivity index (χ4n) is 2.80. The molecule has 0 radical (unpaired) electrons. The average Bonchev–Trinajstić information content (AvgIpc) is 2.45. The zero-order valence-electron chi connectivity index (χ0n) is 11.2. The molecule has 1 aliphatic rings. The van der Waals surface area contributed by atoms with Gasteiger partial charge in [-0.2, -0.15) is 13.2 Å². The standard InChI is InChI=1S/C13H18F3N3O/c1-20-12-11(18-5-6-19-12)10(17)8-3-2-4-9(7-8)13(14,15)16/h5-6,8-10H,2-4,7,17H2,1H3. The molecule has 0 bridgehead atoms. The van der Waals surface area contributed by atoms with Gasteiger partial charge in [-0.3, -0.25) is 4.98 Å². The van der Waals surface area contributed by atoms with Crippen LogP contribution in [0, 0.1) is 11.8 Å². The Balaban J connectivity index is 2.14. The van der Waals surface area contributed by atoms with Crippen LogP contribution in [0.4, 0.5) is 13.2 Å². The van der Waals surface area contributed by atoms with E-state index >= 15 is 0 Å². The Labute approximate surface area is 115 Å². The number of hydrogen-bond donors (Lipinski definition) is 1. The van der Waals surface area contributed by atoms with E-state index < -0.39 is 18.1 Å². The highest BCUT2D eigenvalue weighted by atomic mass is 19.4. The fraction of sp³-hybridized carbons (Fsp3) is 0.692. The summed E-state index contributed by atoms with van der Waals surface area (Å²) in [5, 5.41) is 0. The van der Waals surface area contributed by atoms with Crippen LogP contribution in [0.5, 0.6) is 5.88 Å². The molecular formula is C13H18F3N3O. The van der Waals surface area contributed by atoms with Gasteiger partial charge in [0, 0.05) is 12.4 Å². The first-order chi connectivity index (χ1) is 9.43. The molecule has 1 aliphatic carbocycles. The van der Waals surface area contributed by atoms with Gasteiger partial charge in [-0.05, 0) is 25.2 Å². The normalized spacial score (nSPS) is 25.2. The van der Waals surface area contributed by atoms with Crippen molar-refractivity contribution in [3.05, 3.63) is 18.1 Å². The minimum Gasteiger partial charge on any atom is -0.480 e. The van der Waals surface area contributed by atoms with Crippen LogP contribution in [0.2, 0.25) is 0 Å². The maximum absolute atomic E-state index is 12.8. The van der Waals surface area contributed by atoms with Crippen LogP contribution >= 0.6 is 0 Å². The third-order valence-corrected chi connectivity index (χ3v) is 3.89. The van der Waals surface area contributed by atoms with E-state index in [0.717, 1.165) is 0 Å². The Morgan fingerprint density at radius 3 is 2.65 bits per heavy atom. The molecule has 7 heteroatoms. The zero-order valence-corrected chi connectivity index (χ0v) is 11.2. The van der Waals surface area contributed by atoms with Gasteiger partial charge in [0.1, 0.15) is 5.69 Å². The predicted octanol–water partition coefficient (Wildman–Crippen LogP) is 2.85. The lowest BCUT2D eigenvalue weighted by atomic mass is 9.77. The second-order valence-electron chi connectivity index (χ2n) is 5.14. The fourth-order valence-corrected chi connectivity index (χ4v) is 2.80. The quantitative estimate of drug-likeness (QED) is 0.929. The van der Waals surface area contributed by atoms with E-state index in [1.807, 2.05) is 0 Å². The van der Waals surface area contributed by atoms with Crippen molar-refractivity contribution in [2.24, 2.45) is 17.6 Å². The van der Waals surface area contributed by atoms with E-state index in [-0.39, 0.29) is 24.6 Å². The molecule has 0 aliphatic heterocycles. The first-order valence-electron chi connectivity index (χ1n) is 6.60. The van der Waals surface area contributed by atoms with Crippen molar-refractivity contribution in [1.82, 2.24) is 9.97 Å². The number of rotatable bonds is 3. The highest BCUT2D eigenvalue weighted by Crippen LogP contribution is 2.43. The van der Waals surface area contributed by atoms with Gasteiger partial charge < -0.3 is 10.5 Å². The number of methoxy groups -OCH3 is 1. The Hall–Kier alpha value is -1.37. The van der Waals surface area contributed by atoms with E-state index in [1.165, 1.54) is 19.5 Å². The van der Waals surface area contributed by atoms with Crippen molar-refractivity contribution in [3.8, 4) is 5.88 Å². The molecule has 20 heavy (non-hydrogen) atoms. The number of ether oxygens (including phenoxy) is 1. The van der Waals surface area contributed by atoms with E-state index in [9.17, 15) is 13.2 Å². The minimum absolute atomic E-state index is 0.0460. The molecule has 0 aromatic carbocycles. The number of nitrogens with two attached hydrogens (primary N) is 1. The summed E-state index contributed by atoms with van der Waals surface area (Å²) in [6.07, 6.45) is 0.231. The number of alkyl halides is 3. The second kappa shape index (κ2) is 5.95. The van der Waals surface area contributed by atoms with Crippen molar-refractivity contribution < 1.29 is 17.9 Å². The van der Waals surface area contributed by atoms with Crippen molar-refractivity contribution in [1.29, 1.82) is 0 Å². The van der Waals surface area contributed by atoms with E-state index in [4.69, 9.17) is 10.5 Å². The van der Waals surface area contributed by atoms with E-state index in [0.29, 0.717) is 18.5 Å². The Kier molecular flexibility index (Phi) is 4.47. The van der Waals surface area contributed by atoms with Crippen molar-refractivity contribution >= 4 is 0 Å². The molecule has 2 N–H and O–H groups in total. The molecule has 1 saturated carbocycles. The third kappa shape index (κ3) is 3.20. The second-order valence-corrected chi connectivity index (χ2v) is 5.14. The Morgan fingerprint density at radius 2 is 2.00 bits per heavy atom. The molecule has 1 aromatic rings. The van der Waals surface area contributed by atoms with Gasteiger partial charge in [-0.25, -0.2) is 4.98 Å². The lowest BCUT2D eigenvalue weighted by Crippen LogP contribution is -2.33. The van der Waals surface area contributed by atoms with E-state index in [1.54, 1.807) is 0 Å². The Morgan fingerprint density at radius 1 is 1.30 bits per heavy atom. The summed E-state index contributed by atoms with van der Waals surface area (Å²) in [4.78, 5) is 8.11. The van der Waals surface area contributed by atoms with Crippen molar-refractivity contribution in [2.45, 2.75) is 37.9 Å². The van der Waals surface area contributed by atoms with Gasteiger partial charge in [0.2, 0.25) is 5.88 Å². The van der Waals surface area contributed by atoms with Crippen LogP contribution in [-0.4, -0.2) is 23.3 Å². The molecule has 3 atom stereocenters. The molecule has 0 saturated heterocycles. The van der Waals surface area contributed by atoms with Crippen LogP contribution in [0.25, 0.3) is 0 Å². The molecule has 1 fully saturated rings. The highest BCUT2D eigenvalue weighted by molar-refractivity contribution is 5.21. The van der Waals surface area contributed by atoms with Gasteiger partial charge >= 0.3 is 6.18 Å². The summed E-state index contributed by atoms with van der Waals surface area (Å²) < 4.78 is 43.6. The molecule has 0 amide bonds. The molecule has 3 unspecified atom stereocenters. The molecule has 4 nitrogen and oxygen atoms in total. The molecule has 1 aromatic heterocycles. The number of aromatic nitrogens is 2. The SMILES string of the molecule is COc1nccnc1C(N)C1CCCC(C(F)(F)F)C1. The first kappa shape index (κ1) is 15.0. The molecule has 0 spiro atoms. The smallest absolute Gasteiger partial charge is 0.391 e. The summed E-state index contributed by atoms with van der Waals surface area (Å²) in [6.45, 7) is 0. The van der Waals surface area contributed by atoms with Gasteiger partial charge in [0.25, 0.3) is 0 Å². The monoisotopic (exact) mass is 289 g/mol. The van der Waals surface area contributed by atoms with Crippen LogP contribution in [-0.2, 0) is 0 Å². The summed E-state index contributed by atoms with van der Waals surface area (Å²) in [7, 11) is 1.44. The van der Waals surface area contributed by atoms with Crippen LogP contribution in [0.1, 0.15) is 37.4 Å². The Bertz CT molecular complexity index is 453. The number of nitrogens with zero attached hydrogens (tertiary/aromatic N) is 2. The average molecular weight is 289 g/mol. The first-order valence-corrected chi connectivity index (χ1v) is 6.60. The van der Waals surface area contributed by atoms with Crippen LogP contribution in [0.15, 0.2) is 12.4 Å². The van der Waals surface area contributed by atoms with E-state index in [2.05, 4.69) is 9.97 Å². The zero-order chi connectivity index (χ0) is 14.8.